The van der Waals surface area contributed by atoms with E-state index in [1.165, 1.54) is 12.1 Å². The highest BCUT2D eigenvalue weighted by molar-refractivity contribution is 6.31. The van der Waals surface area contributed by atoms with E-state index in [1.807, 2.05) is 54.0 Å². The van der Waals surface area contributed by atoms with Crippen LogP contribution in [0.5, 0.6) is 5.75 Å². The van der Waals surface area contributed by atoms with Crippen LogP contribution in [0.2, 0.25) is 5.02 Å². The number of nitrogens with zero attached hydrogens (tertiary/aromatic N) is 1. The molecule has 0 fully saturated rings. The van der Waals surface area contributed by atoms with Gasteiger partial charge >= 0.3 is 0 Å². The van der Waals surface area contributed by atoms with Crippen molar-refractivity contribution in [2.24, 2.45) is 0 Å². The van der Waals surface area contributed by atoms with Crippen LogP contribution < -0.4 is 4.74 Å². The highest BCUT2D eigenvalue weighted by Crippen LogP contribution is 2.25. The van der Waals surface area contributed by atoms with Crippen LogP contribution in [0.3, 0.4) is 0 Å². The molecule has 0 atom stereocenters. The number of hydrogen-bond acceptors (Lipinski definition) is 2. The number of fused-ring (bicyclic) bond motifs is 1. The molecule has 0 bridgehead atoms. The fourth-order valence-electron chi connectivity index (χ4n) is 3.37. The van der Waals surface area contributed by atoms with E-state index in [0.717, 1.165) is 22.2 Å². The smallest absolute Gasteiger partial charge is 0.198 e. The van der Waals surface area contributed by atoms with Gasteiger partial charge in [0.05, 0.1) is 12.1 Å². The molecule has 0 radical (unpaired) electrons. The summed E-state index contributed by atoms with van der Waals surface area (Å²) in [6.45, 7) is 2.90. The van der Waals surface area contributed by atoms with E-state index in [0.29, 0.717) is 23.7 Å². The third-order valence-corrected chi connectivity index (χ3v) is 5.31. The van der Waals surface area contributed by atoms with E-state index in [-0.39, 0.29) is 11.3 Å². The third-order valence-electron chi connectivity index (χ3n) is 4.88. The Balaban J connectivity index is 1.60. The van der Waals surface area contributed by atoms with Crippen molar-refractivity contribution < 1.29 is 13.9 Å². The molecule has 0 saturated heterocycles. The van der Waals surface area contributed by atoms with E-state index in [1.54, 1.807) is 18.3 Å². The van der Waals surface area contributed by atoms with Gasteiger partial charge in [0.1, 0.15) is 18.2 Å². The molecule has 0 aliphatic heterocycles. The van der Waals surface area contributed by atoms with Crippen molar-refractivity contribution >= 4 is 28.3 Å². The highest BCUT2D eigenvalue weighted by atomic mass is 35.5. The number of carbonyl (C=O) groups is 1. The summed E-state index contributed by atoms with van der Waals surface area (Å²) in [7, 11) is 0. The van der Waals surface area contributed by atoms with Crippen molar-refractivity contribution in [1.82, 2.24) is 4.57 Å². The van der Waals surface area contributed by atoms with Gasteiger partial charge in [-0.2, -0.15) is 0 Å². The molecule has 4 aromatic rings. The number of aromatic nitrogens is 1. The van der Waals surface area contributed by atoms with Crippen LogP contribution in [0.15, 0.2) is 72.9 Å². The van der Waals surface area contributed by atoms with Crippen LogP contribution in [0.4, 0.5) is 4.39 Å². The van der Waals surface area contributed by atoms with Crippen molar-refractivity contribution in [3.05, 3.63) is 100 Å². The Morgan fingerprint density at radius 3 is 2.59 bits per heavy atom. The molecule has 0 N–H and O–H groups in total. The van der Waals surface area contributed by atoms with Crippen LogP contribution in [0.1, 0.15) is 21.5 Å². The average Bonchev–Trinajstić information content (AvgIpc) is 3.09. The first-order valence-corrected chi connectivity index (χ1v) is 9.68. The van der Waals surface area contributed by atoms with Crippen LogP contribution >= 0.6 is 11.6 Å². The number of halogens is 2. The lowest BCUT2D eigenvalue weighted by Crippen LogP contribution is -2.08. The van der Waals surface area contributed by atoms with E-state index < -0.39 is 5.82 Å². The molecular formula is C24H19ClFNO2. The summed E-state index contributed by atoms with van der Waals surface area (Å²) < 4.78 is 21.9. The van der Waals surface area contributed by atoms with Gasteiger partial charge in [-0.3, -0.25) is 4.79 Å². The van der Waals surface area contributed by atoms with Gasteiger partial charge in [0.25, 0.3) is 0 Å². The van der Waals surface area contributed by atoms with Crippen molar-refractivity contribution in [3.8, 4) is 5.75 Å². The summed E-state index contributed by atoms with van der Waals surface area (Å²) in [5.74, 6) is -0.103. The minimum atomic E-state index is -0.518. The average molecular weight is 408 g/mol. The number of benzene rings is 3. The molecule has 5 heteroatoms. The standard InChI is InChI=1S/C24H19ClFNO2/c1-16-14-17(10-11-21(16)25)29-13-12-27-15-20(18-6-3-5-9-23(18)27)24(28)19-7-2-4-8-22(19)26/h2-11,14-15H,12-13H2,1H3. The molecule has 3 nitrogen and oxygen atoms in total. The molecule has 0 amide bonds. The zero-order chi connectivity index (χ0) is 20.4. The summed E-state index contributed by atoms with van der Waals surface area (Å²) in [5.41, 5.74) is 2.41. The predicted molar refractivity (Wildman–Crippen MR) is 113 cm³/mol. The van der Waals surface area contributed by atoms with E-state index >= 15 is 0 Å². The number of carbonyl (C=O) groups excluding carboxylic acids is 1. The third kappa shape index (κ3) is 3.89. The molecule has 3 aromatic carbocycles. The van der Waals surface area contributed by atoms with Gasteiger partial charge in [-0.05, 0) is 48.9 Å². The fraction of sp³-hybridized carbons (Fsp3) is 0.125. The van der Waals surface area contributed by atoms with Crippen LogP contribution in [-0.2, 0) is 6.54 Å². The molecule has 4 rings (SSSR count). The summed E-state index contributed by atoms with van der Waals surface area (Å²) in [4.78, 5) is 13.0. The lowest BCUT2D eigenvalue weighted by Gasteiger charge is -2.09. The zero-order valence-corrected chi connectivity index (χ0v) is 16.6. The number of hydrogen-bond donors (Lipinski definition) is 0. The van der Waals surface area contributed by atoms with Gasteiger partial charge < -0.3 is 9.30 Å². The predicted octanol–water partition coefficient (Wildman–Crippen LogP) is 6.05. The number of rotatable bonds is 6. The van der Waals surface area contributed by atoms with Gasteiger partial charge in [-0.1, -0.05) is 41.9 Å². The Morgan fingerprint density at radius 1 is 1.03 bits per heavy atom. The Kier molecular flexibility index (Phi) is 5.36. The number of para-hydroxylation sites is 1. The summed E-state index contributed by atoms with van der Waals surface area (Å²) >= 11 is 6.05. The maximum absolute atomic E-state index is 14.1. The second-order valence-electron chi connectivity index (χ2n) is 6.82. The van der Waals surface area contributed by atoms with Gasteiger partial charge in [-0.15, -0.1) is 0 Å². The number of ketones is 1. The second kappa shape index (κ2) is 8.10. The van der Waals surface area contributed by atoms with Gasteiger partial charge in [0.15, 0.2) is 5.78 Å². The number of aryl methyl sites for hydroxylation is 1. The first-order chi connectivity index (χ1) is 14.0. The maximum Gasteiger partial charge on any atom is 0.198 e. The Hall–Kier alpha value is -3.11. The molecular weight excluding hydrogens is 389 g/mol. The molecule has 146 valence electrons. The summed E-state index contributed by atoms with van der Waals surface area (Å²) in [6.07, 6.45) is 1.77. The number of ether oxygens (including phenoxy) is 1. The lowest BCUT2D eigenvalue weighted by atomic mass is 10.0. The minimum absolute atomic E-state index is 0.0725. The van der Waals surface area contributed by atoms with Crippen molar-refractivity contribution in [2.45, 2.75) is 13.5 Å². The Labute approximate surface area is 173 Å². The van der Waals surface area contributed by atoms with Crippen LogP contribution in [0.25, 0.3) is 10.9 Å². The molecule has 1 aromatic heterocycles. The van der Waals surface area contributed by atoms with Crippen LogP contribution in [0, 0.1) is 12.7 Å². The minimum Gasteiger partial charge on any atom is -0.492 e. The van der Waals surface area contributed by atoms with Crippen molar-refractivity contribution in [3.63, 3.8) is 0 Å². The van der Waals surface area contributed by atoms with Crippen molar-refractivity contribution in [1.29, 1.82) is 0 Å². The first kappa shape index (κ1) is 19.2. The van der Waals surface area contributed by atoms with Gasteiger partial charge in [-0.25, -0.2) is 4.39 Å². The quantitative estimate of drug-likeness (QED) is 0.364. The Bertz CT molecular complexity index is 1200. The van der Waals surface area contributed by atoms with E-state index in [9.17, 15) is 9.18 Å². The Morgan fingerprint density at radius 2 is 1.79 bits per heavy atom. The van der Waals surface area contributed by atoms with Gasteiger partial charge in [0.2, 0.25) is 0 Å². The van der Waals surface area contributed by atoms with E-state index in [4.69, 9.17) is 16.3 Å². The second-order valence-corrected chi connectivity index (χ2v) is 7.23. The van der Waals surface area contributed by atoms with E-state index in [2.05, 4.69) is 0 Å². The molecule has 0 aliphatic rings. The fourth-order valence-corrected chi connectivity index (χ4v) is 3.49. The molecule has 0 aliphatic carbocycles. The zero-order valence-electron chi connectivity index (χ0n) is 15.9. The molecule has 1 heterocycles. The summed E-state index contributed by atoms with van der Waals surface area (Å²) in [5, 5.41) is 1.49. The normalized spacial score (nSPS) is 11.0. The lowest BCUT2D eigenvalue weighted by molar-refractivity contribution is 0.103. The molecule has 29 heavy (non-hydrogen) atoms. The topological polar surface area (TPSA) is 31.2 Å². The largest absolute Gasteiger partial charge is 0.492 e. The monoisotopic (exact) mass is 407 g/mol. The first-order valence-electron chi connectivity index (χ1n) is 9.30. The maximum atomic E-state index is 14.1. The molecule has 0 unspecified atom stereocenters. The highest BCUT2D eigenvalue weighted by Gasteiger charge is 2.19. The van der Waals surface area contributed by atoms with Gasteiger partial charge in [0, 0.05) is 27.7 Å². The van der Waals surface area contributed by atoms with Crippen LogP contribution in [-0.4, -0.2) is 17.0 Å². The van der Waals surface area contributed by atoms with Crippen molar-refractivity contribution in [2.75, 3.05) is 6.61 Å². The SMILES string of the molecule is Cc1cc(OCCn2cc(C(=O)c3ccccc3F)c3ccccc32)ccc1Cl. The summed E-state index contributed by atoms with van der Waals surface area (Å²) in [6, 6.07) is 19.2. The molecule has 0 spiro atoms. The molecule has 0 saturated carbocycles.